The highest BCUT2D eigenvalue weighted by Crippen LogP contribution is 2.36. The number of piperazine rings is 1. The Morgan fingerprint density at radius 3 is 2.55 bits per heavy atom. The van der Waals surface area contributed by atoms with Crippen molar-refractivity contribution in [3.8, 4) is 0 Å². The number of anilines is 1. The second kappa shape index (κ2) is 10.1. The van der Waals surface area contributed by atoms with Crippen molar-refractivity contribution in [3.05, 3.63) is 18.0 Å². The van der Waals surface area contributed by atoms with Gasteiger partial charge in [-0.2, -0.15) is 9.97 Å². The third kappa shape index (κ3) is 5.35. The fraction of sp³-hybridized carbons (Fsp3) is 0.690. The van der Waals surface area contributed by atoms with Crippen molar-refractivity contribution in [2.24, 2.45) is 23.4 Å². The molecular weight excluding hydrogens is 476 g/mol. The highest BCUT2D eigenvalue weighted by molar-refractivity contribution is 6.01. The second-order valence-corrected chi connectivity index (χ2v) is 13.0. The van der Waals surface area contributed by atoms with Gasteiger partial charge in [0, 0.05) is 51.0 Å². The Hall–Kier alpha value is -2.81. The lowest BCUT2D eigenvalue weighted by Crippen LogP contribution is -2.61. The van der Waals surface area contributed by atoms with Crippen LogP contribution in [0.15, 0.2) is 23.0 Å². The van der Waals surface area contributed by atoms with E-state index >= 15 is 0 Å². The average molecular weight is 521 g/mol. The lowest BCUT2D eigenvalue weighted by atomic mass is 9.77. The molecule has 0 bridgehead atoms. The Bertz CT molecular complexity index is 1260. The number of hydrogen-bond donors (Lipinski definition) is 0. The summed E-state index contributed by atoms with van der Waals surface area (Å²) < 4.78 is 1.96. The number of aromatic nitrogens is 4. The van der Waals surface area contributed by atoms with Gasteiger partial charge in [0.05, 0.1) is 12.9 Å². The summed E-state index contributed by atoms with van der Waals surface area (Å²) in [6.07, 6.45) is 8.53. The molecule has 2 aliphatic heterocycles. The van der Waals surface area contributed by atoms with E-state index in [-0.39, 0.29) is 16.9 Å². The summed E-state index contributed by atoms with van der Waals surface area (Å²) in [5.41, 5.74) is 3.99. The van der Waals surface area contributed by atoms with E-state index in [0.717, 1.165) is 69.6 Å². The van der Waals surface area contributed by atoms with Gasteiger partial charge >= 0.3 is 0 Å². The third-order valence-electron chi connectivity index (χ3n) is 8.55. The minimum atomic E-state index is -0.190. The van der Waals surface area contributed by atoms with Gasteiger partial charge in [-0.15, -0.1) is 0 Å². The molecule has 4 heterocycles. The first kappa shape index (κ1) is 26.8. The summed E-state index contributed by atoms with van der Waals surface area (Å²) in [5, 5.41) is 0. The quantitative estimate of drug-likeness (QED) is 0.596. The SMILES string of the molecule is CC1CCC(C(C)(C)C)=CC1=Nc1nc(N2CCN(CC(=O)N3CCCC3)C(C)(C)C2)nc2ncn(C)c12. The number of rotatable bonds is 4. The minimum Gasteiger partial charge on any atom is -0.342 e. The Kier molecular flexibility index (Phi) is 7.09. The van der Waals surface area contributed by atoms with Gasteiger partial charge in [-0.05, 0) is 56.9 Å². The van der Waals surface area contributed by atoms with Crippen LogP contribution in [0.1, 0.15) is 67.2 Å². The predicted molar refractivity (Wildman–Crippen MR) is 153 cm³/mol. The van der Waals surface area contributed by atoms with Crippen molar-refractivity contribution in [3.63, 3.8) is 0 Å². The number of carbonyl (C=O) groups excluding carboxylic acids is 1. The van der Waals surface area contributed by atoms with Gasteiger partial charge in [0.15, 0.2) is 11.5 Å². The largest absolute Gasteiger partial charge is 0.342 e. The summed E-state index contributed by atoms with van der Waals surface area (Å²) in [6, 6.07) is 0. The zero-order valence-electron chi connectivity index (χ0n) is 24.3. The number of nitrogens with zero attached hydrogens (tertiary/aromatic N) is 8. The molecule has 0 aromatic carbocycles. The number of aryl methyl sites for hydroxylation is 1. The Balaban J connectivity index is 1.43. The van der Waals surface area contributed by atoms with Gasteiger partial charge in [-0.3, -0.25) is 9.69 Å². The molecule has 2 saturated heterocycles. The molecule has 1 unspecified atom stereocenters. The summed E-state index contributed by atoms with van der Waals surface area (Å²) in [6.45, 7) is 18.0. The Morgan fingerprint density at radius 2 is 1.87 bits per heavy atom. The van der Waals surface area contributed by atoms with Crippen LogP contribution in [0.2, 0.25) is 0 Å². The van der Waals surface area contributed by atoms with Crippen molar-refractivity contribution in [1.82, 2.24) is 29.3 Å². The van der Waals surface area contributed by atoms with Crippen molar-refractivity contribution < 1.29 is 4.79 Å². The third-order valence-corrected chi connectivity index (χ3v) is 8.55. The molecule has 1 atom stereocenters. The van der Waals surface area contributed by atoms with Gasteiger partial charge in [0.1, 0.15) is 5.52 Å². The van der Waals surface area contributed by atoms with Crippen LogP contribution >= 0.6 is 0 Å². The molecule has 1 aliphatic carbocycles. The first-order valence-corrected chi connectivity index (χ1v) is 14.2. The maximum absolute atomic E-state index is 12.9. The number of imidazole rings is 1. The molecule has 0 radical (unpaired) electrons. The number of likely N-dealkylation sites (tertiary alicyclic amines) is 1. The molecular formula is C29H44N8O. The van der Waals surface area contributed by atoms with Crippen LogP contribution in [0.3, 0.4) is 0 Å². The lowest BCUT2D eigenvalue weighted by Gasteiger charge is -2.47. The van der Waals surface area contributed by atoms with E-state index in [9.17, 15) is 4.79 Å². The van der Waals surface area contributed by atoms with Crippen molar-refractivity contribution in [2.75, 3.05) is 44.2 Å². The van der Waals surface area contributed by atoms with Gasteiger partial charge < -0.3 is 14.4 Å². The van der Waals surface area contributed by atoms with Crippen LogP contribution in [0.5, 0.6) is 0 Å². The lowest BCUT2D eigenvalue weighted by molar-refractivity contribution is -0.133. The Labute approximate surface area is 227 Å². The number of carbonyl (C=O) groups is 1. The molecule has 1 amide bonds. The topological polar surface area (TPSA) is 82.8 Å². The molecule has 0 saturated carbocycles. The highest BCUT2D eigenvalue weighted by Gasteiger charge is 2.37. The van der Waals surface area contributed by atoms with Gasteiger partial charge in [0.2, 0.25) is 11.9 Å². The molecule has 2 fully saturated rings. The smallest absolute Gasteiger partial charge is 0.236 e. The summed E-state index contributed by atoms with van der Waals surface area (Å²) in [7, 11) is 1.97. The number of allylic oxidation sites excluding steroid dienone is 2. The number of fused-ring (bicyclic) bond motifs is 1. The number of amides is 1. The van der Waals surface area contributed by atoms with Crippen molar-refractivity contribution in [2.45, 2.75) is 72.8 Å². The van der Waals surface area contributed by atoms with Gasteiger partial charge in [-0.1, -0.05) is 33.3 Å². The van der Waals surface area contributed by atoms with Gasteiger partial charge in [-0.25, -0.2) is 9.98 Å². The average Bonchev–Trinajstić information content (AvgIpc) is 3.51. The monoisotopic (exact) mass is 520 g/mol. The molecule has 9 nitrogen and oxygen atoms in total. The number of aliphatic imine (C=N–C) groups is 1. The normalized spacial score (nSPS) is 23.9. The molecule has 0 spiro atoms. The van der Waals surface area contributed by atoms with E-state index in [4.69, 9.17) is 15.0 Å². The van der Waals surface area contributed by atoms with E-state index in [2.05, 4.69) is 62.4 Å². The number of hydrogen-bond acceptors (Lipinski definition) is 7. The van der Waals surface area contributed by atoms with Crippen molar-refractivity contribution in [1.29, 1.82) is 0 Å². The molecule has 2 aromatic heterocycles. The first-order valence-electron chi connectivity index (χ1n) is 14.2. The summed E-state index contributed by atoms with van der Waals surface area (Å²) >= 11 is 0. The van der Waals surface area contributed by atoms with Crippen LogP contribution < -0.4 is 4.90 Å². The second-order valence-electron chi connectivity index (χ2n) is 13.0. The summed E-state index contributed by atoms with van der Waals surface area (Å²) in [4.78, 5) is 39.0. The summed E-state index contributed by atoms with van der Waals surface area (Å²) in [5.74, 6) is 1.97. The molecule has 2 aromatic rings. The molecule has 206 valence electrons. The first-order chi connectivity index (χ1) is 17.9. The van der Waals surface area contributed by atoms with Crippen LogP contribution in [0.4, 0.5) is 11.8 Å². The zero-order valence-corrected chi connectivity index (χ0v) is 24.3. The van der Waals surface area contributed by atoms with Crippen LogP contribution in [-0.4, -0.2) is 85.7 Å². The fourth-order valence-corrected chi connectivity index (χ4v) is 5.90. The van der Waals surface area contributed by atoms with Crippen molar-refractivity contribution >= 4 is 34.5 Å². The van der Waals surface area contributed by atoms with E-state index in [0.29, 0.717) is 29.9 Å². The van der Waals surface area contributed by atoms with Gasteiger partial charge in [0.25, 0.3) is 0 Å². The minimum absolute atomic E-state index is 0.126. The molecule has 5 rings (SSSR count). The van der Waals surface area contributed by atoms with E-state index < -0.39 is 0 Å². The maximum atomic E-state index is 12.9. The van der Waals surface area contributed by atoms with E-state index in [1.165, 1.54) is 5.57 Å². The van der Waals surface area contributed by atoms with Crippen LogP contribution in [-0.2, 0) is 11.8 Å². The van der Waals surface area contributed by atoms with Crippen LogP contribution in [0, 0.1) is 11.3 Å². The predicted octanol–water partition coefficient (Wildman–Crippen LogP) is 4.36. The molecule has 0 N–H and O–H groups in total. The van der Waals surface area contributed by atoms with E-state index in [1.54, 1.807) is 6.33 Å². The maximum Gasteiger partial charge on any atom is 0.236 e. The van der Waals surface area contributed by atoms with Crippen LogP contribution in [0.25, 0.3) is 11.2 Å². The molecule has 9 heteroatoms. The van der Waals surface area contributed by atoms with E-state index in [1.807, 2.05) is 16.5 Å². The zero-order chi connectivity index (χ0) is 27.2. The highest BCUT2D eigenvalue weighted by atomic mass is 16.2. The molecule has 3 aliphatic rings. The standard InChI is InChI=1S/C29H44N8O/c1-20-10-11-21(28(2,3)4)16-22(20)31-26-24-25(30-19-34(24)7)32-27(33-26)36-14-15-37(29(5,6)18-36)17-23(38)35-12-8-9-13-35/h16,19-20H,8-15,17-18H2,1-7H3. The molecule has 38 heavy (non-hydrogen) atoms. The Morgan fingerprint density at radius 1 is 1.13 bits per heavy atom. The fourth-order valence-electron chi connectivity index (χ4n) is 5.90.